The highest BCUT2D eigenvalue weighted by atomic mass is 35.5. The Kier molecular flexibility index (Phi) is 4.09. The van der Waals surface area contributed by atoms with E-state index in [1.165, 1.54) is 23.5 Å². The van der Waals surface area contributed by atoms with Gasteiger partial charge in [0.05, 0.1) is 10.6 Å². The summed E-state index contributed by atoms with van der Waals surface area (Å²) in [5.74, 6) is 5.43. The molecule has 0 aliphatic rings. The summed E-state index contributed by atoms with van der Waals surface area (Å²) in [5, 5.41) is 20.3. The Morgan fingerprint density at radius 1 is 1.17 bits per heavy atom. The number of nitro benzene ring substituents is 1. The van der Waals surface area contributed by atoms with Crippen LogP contribution in [0.15, 0.2) is 53.6 Å². The SMILES string of the molecule is N/N=c1\sc(-c2ccc(Cl)cc2)nn1-c1ccc([N+](=O)[O-])cc1. The molecule has 0 spiro atoms. The molecule has 0 aliphatic carbocycles. The van der Waals surface area contributed by atoms with E-state index in [0.29, 0.717) is 20.5 Å². The zero-order valence-electron chi connectivity index (χ0n) is 11.6. The Balaban J connectivity index is 2.06. The molecule has 0 aliphatic heterocycles. The van der Waals surface area contributed by atoms with Crippen molar-refractivity contribution in [2.24, 2.45) is 10.9 Å². The minimum atomic E-state index is -0.456. The van der Waals surface area contributed by atoms with Crippen LogP contribution in [0.3, 0.4) is 0 Å². The third-order valence-corrected chi connectivity index (χ3v) is 4.29. The van der Waals surface area contributed by atoms with E-state index in [4.69, 9.17) is 17.4 Å². The second-order valence-corrected chi connectivity index (χ2v) is 5.90. The van der Waals surface area contributed by atoms with Gasteiger partial charge in [0.1, 0.15) is 5.01 Å². The fourth-order valence-corrected chi connectivity index (χ4v) is 2.92. The van der Waals surface area contributed by atoms with Gasteiger partial charge in [-0.25, -0.2) is 4.68 Å². The molecule has 0 amide bonds. The lowest BCUT2D eigenvalue weighted by atomic mass is 10.2. The molecule has 0 saturated heterocycles. The van der Waals surface area contributed by atoms with Crippen molar-refractivity contribution in [2.75, 3.05) is 0 Å². The average Bonchev–Trinajstić information content (AvgIpc) is 3.00. The van der Waals surface area contributed by atoms with Crippen molar-refractivity contribution in [1.82, 2.24) is 9.78 Å². The first-order valence-electron chi connectivity index (χ1n) is 6.43. The smallest absolute Gasteiger partial charge is 0.269 e. The maximum absolute atomic E-state index is 10.7. The topological polar surface area (TPSA) is 99.3 Å². The van der Waals surface area contributed by atoms with Crippen molar-refractivity contribution in [3.63, 3.8) is 0 Å². The molecule has 3 aromatic rings. The van der Waals surface area contributed by atoms with Gasteiger partial charge in [-0.1, -0.05) is 35.1 Å². The Labute approximate surface area is 139 Å². The number of hydrogen-bond acceptors (Lipinski definition) is 6. The van der Waals surface area contributed by atoms with Crippen molar-refractivity contribution in [2.45, 2.75) is 0 Å². The number of non-ortho nitro benzene ring substituents is 1. The molecule has 0 radical (unpaired) electrons. The maximum Gasteiger partial charge on any atom is 0.269 e. The number of rotatable bonds is 3. The lowest BCUT2D eigenvalue weighted by Crippen LogP contribution is -2.16. The van der Waals surface area contributed by atoms with E-state index in [2.05, 4.69) is 10.2 Å². The molecular formula is C14H10ClN5O2S. The van der Waals surface area contributed by atoms with Gasteiger partial charge in [-0.2, -0.15) is 10.2 Å². The monoisotopic (exact) mass is 347 g/mol. The van der Waals surface area contributed by atoms with Gasteiger partial charge in [0.2, 0.25) is 4.80 Å². The highest BCUT2D eigenvalue weighted by Gasteiger charge is 2.11. The van der Waals surface area contributed by atoms with Gasteiger partial charge < -0.3 is 5.84 Å². The van der Waals surface area contributed by atoms with E-state index in [-0.39, 0.29) is 5.69 Å². The largest absolute Gasteiger partial charge is 0.320 e. The number of aromatic nitrogens is 2. The Bertz CT molecular complexity index is 916. The van der Waals surface area contributed by atoms with Crippen LogP contribution in [0.1, 0.15) is 0 Å². The summed E-state index contributed by atoms with van der Waals surface area (Å²) < 4.78 is 1.54. The van der Waals surface area contributed by atoms with Gasteiger partial charge in [-0.3, -0.25) is 10.1 Å². The van der Waals surface area contributed by atoms with Gasteiger partial charge in [0.15, 0.2) is 0 Å². The van der Waals surface area contributed by atoms with E-state index < -0.39 is 4.92 Å². The highest BCUT2D eigenvalue weighted by Crippen LogP contribution is 2.23. The van der Waals surface area contributed by atoms with Gasteiger partial charge in [0, 0.05) is 22.7 Å². The molecule has 7 nitrogen and oxygen atoms in total. The molecule has 1 aromatic heterocycles. The van der Waals surface area contributed by atoms with Crippen LogP contribution in [0.2, 0.25) is 5.02 Å². The quantitative estimate of drug-likeness (QED) is 0.447. The predicted octanol–water partition coefficient (Wildman–Crippen LogP) is 2.94. The Morgan fingerprint density at radius 2 is 1.83 bits per heavy atom. The summed E-state index contributed by atoms with van der Waals surface area (Å²) in [6.45, 7) is 0. The number of hydrogen-bond donors (Lipinski definition) is 1. The molecule has 1 heterocycles. The van der Waals surface area contributed by atoms with Gasteiger partial charge in [-0.05, 0) is 24.3 Å². The van der Waals surface area contributed by atoms with Crippen LogP contribution in [0.25, 0.3) is 16.3 Å². The average molecular weight is 348 g/mol. The number of nitrogens with two attached hydrogens (primary N) is 1. The molecule has 116 valence electrons. The molecular weight excluding hydrogens is 338 g/mol. The maximum atomic E-state index is 10.7. The zero-order valence-corrected chi connectivity index (χ0v) is 13.2. The fourth-order valence-electron chi connectivity index (χ4n) is 1.96. The van der Waals surface area contributed by atoms with Crippen LogP contribution >= 0.6 is 22.9 Å². The molecule has 0 atom stereocenters. The summed E-state index contributed by atoms with van der Waals surface area (Å²) in [6.07, 6.45) is 0. The minimum absolute atomic E-state index is 0.00809. The van der Waals surface area contributed by atoms with Crippen LogP contribution in [-0.4, -0.2) is 14.7 Å². The molecule has 2 aromatic carbocycles. The molecule has 0 saturated carbocycles. The number of benzene rings is 2. The molecule has 2 N–H and O–H groups in total. The van der Waals surface area contributed by atoms with Crippen LogP contribution in [0.4, 0.5) is 5.69 Å². The highest BCUT2D eigenvalue weighted by molar-refractivity contribution is 7.12. The zero-order chi connectivity index (χ0) is 16.4. The number of halogens is 1. The van der Waals surface area contributed by atoms with Crippen molar-refractivity contribution in [1.29, 1.82) is 0 Å². The number of nitrogens with zero attached hydrogens (tertiary/aromatic N) is 4. The van der Waals surface area contributed by atoms with Gasteiger partial charge in [-0.15, -0.1) is 0 Å². The first-order chi connectivity index (χ1) is 11.1. The van der Waals surface area contributed by atoms with Gasteiger partial charge in [0.25, 0.3) is 5.69 Å². The van der Waals surface area contributed by atoms with E-state index in [1.807, 2.05) is 12.1 Å². The normalized spacial score (nSPS) is 11.6. The standard InChI is InChI=1S/C14H10ClN5O2S/c15-10-3-1-9(2-4-10)13-18-19(14(17-16)23-13)11-5-7-12(8-6-11)20(21)22/h1-8H,16H2/b17-14-. The third kappa shape index (κ3) is 3.08. The van der Waals surface area contributed by atoms with Crippen molar-refractivity contribution in [3.8, 4) is 16.3 Å². The van der Waals surface area contributed by atoms with Crippen molar-refractivity contribution >= 4 is 28.6 Å². The van der Waals surface area contributed by atoms with E-state index >= 15 is 0 Å². The van der Waals surface area contributed by atoms with Crippen molar-refractivity contribution < 1.29 is 4.92 Å². The summed E-state index contributed by atoms with van der Waals surface area (Å²) in [4.78, 5) is 10.7. The van der Waals surface area contributed by atoms with E-state index in [0.717, 1.165) is 5.56 Å². The van der Waals surface area contributed by atoms with Crippen molar-refractivity contribution in [3.05, 3.63) is 68.5 Å². The third-order valence-electron chi connectivity index (χ3n) is 3.07. The first kappa shape index (κ1) is 15.2. The predicted molar refractivity (Wildman–Crippen MR) is 88.3 cm³/mol. The molecule has 3 rings (SSSR count). The second kappa shape index (κ2) is 6.19. The van der Waals surface area contributed by atoms with Gasteiger partial charge >= 0.3 is 0 Å². The molecule has 9 heteroatoms. The lowest BCUT2D eigenvalue weighted by molar-refractivity contribution is -0.384. The van der Waals surface area contributed by atoms with Crippen LogP contribution in [-0.2, 0) is 0 Å². The fraction of sp³-hybridized carbons (Fsp3) is 0. The molecule has 0 bridgehead atoms. The lowest BCUT2D eigenvalue weighted by Gasteiger charge is -2.00. The summed E-state index contributed by atoms with van der Waals surface area (Å²) in [7, 11) is 0. The summed E-state index contributed by atoms with van der Waals surface area (Å²) >= 11 is 7.19. The van der Waals surface area contributed by atoms with E-state index in [1.54, 1.807) is 28.9 Å². The van der Waals surface area contributed by atoms with Crippen LogP contribution in [0, 0.1) is 10.1 Å². The molecule has 0 unspecified atom stereocenters. The first-order valence-corrected chi connectivity index (χ1v) is 7.63. The molecule has 0 fully saturated rings. The van der Waals surface area contributed by atoms with Crippen LogP contribution in [0.5, 0.6) is 0 Å². The minimum Gasteiger partial charge on any atom is -0.320 e. The van der Waals surface area contributed by atoms with Crippen LogP contribution < -0.4 is 10.6 Å². The van der Waals surface area contributed by atoms with E-state index in [9.17, 15) is 10.1 Å². The summed E-state index contributed by atoms with van der Waals surface area (Å²) in [6, 6.07) is 13.2. The summed E-state index contributed by atoms with van der Waals surface area (Å²) in [5.41, 5.74) is 1.52. The Hall–Kier alpha value is -2.71. The number of nitro groups is 1. The second-order valence-electron chi connectivity index (χ2n) is 4.51. The Morgan fingerprint density at radius 3 is 2.39 bits per heavy atom. The molecule has 23 heavy (non-hydrogen) atoms.